The molecular formula is C21H37NaO4. The van der Waals surface area contributed by atoms with Gasteiger partial charge in [0.25, 0.3) is 0 Å². The Morgan fingerprint density at radius 3 is 2.23 bits per heavy atom. The quantitative estimate of drug-likeness (QED) is 0.232. The average Bonchev–Trinajstić information content (AvgIpc) is 2.59. The summed E-state index contributed by atoms with van der Waals surface area (Å²) in [5.41, 5.74) is 0. The summed E-state index contributed by atoms with van der Waals surface area (Å²) in [5, 5.41) is 9.51. The van der Waals surface area contributed by atoms with Crippen molar-refractivity contribution in [2.24, 2.45) is 11.8 Å². The van der Waals surface area contributed by atoms with E-state index in [9.17, 15) is 14.7 Å². The van der Waals surface area contributed by atoms with Gasteiger partial charge in [0.1, 0.15) is 6.10 Å². The van der Waals surface area contributed by atoms with Crippen molar-refractivity contribution in [3.63, 3.8) is 0 Å². The predicted molar refractivity (Wildman–Crippen MR) is 101 cm³/mol. The van der Waals surface area contributed by atoms with Crippen molar-refractivity contribution < 1.29 is 50.4 Å². The molecule has 0 aromatic heterocycles. The van der Waals surface area contributed by atoms with E-state index in [0.29, 0.717) is 12.8 Å². The van der Waals surface area contributed by atoms with E-state index < -0.39 is 11.9 Å². The van der Waals surface area contributed by atoms with Crippen molar-refractivity contribution in [1.29, 1.82) is 0 Å². The third kappa shape index (κ3) is 10.7. The molecule has 1 aliphatic rings. The van der Waals surface area contributed by atoms with Crippen LogP contribution in [0.4, 0.5) is 0 Å². The van der Waals surface area contributed by atoms with Gasteiger partial charge in [0, 0.05) is 12.8 Å². The molecule has 146 valence electrons. The van der Waals surface area contributed by atoms with Gasteiger partial charge >= 0.3 is 41.5 Å². The molecule has 3 unspecified atom stereocenters. The Kier molecular flexibility index (Phi) is 15.5. The van der Waals surface area contributed by atoms with Gasteiger partial charge in [-0.1, -0.05) is 71.3 Å². The fourth-order valence-corrected chi connectivity index (χ4v) is 3.48. The largest absolute Gasteiger partial charge is 1.00 e. The van der Waals surface area contributed by atoms with E-state index in [2.05, 4.69) is 13.8 Å². The van der Waals surface area contributed by atoms with Crippen LogP contribution in [0.5, 0.6) is 0 Å². The van der Waals surface area contributed by atoms with Crippen LogP contribution in [0.3, 0.4) is 0 Å². The van der Waals surface area contributed by atoms with Gasteiger partial charge in [-0.25, -0.2) is 0 Å². The number of unbranched alkanes of at least 4 members (excludes halogenated alkanes) is 7. The maximum Gasteiger partial charge on any atom is 1.00 e. The first-order valence-corrected chi connectivity index (χ1v) is 10.2. The fraction of sp³-hybridized carbons (Fsp3) is 0.810. The molecule has 0 heterocycles. The Hall–Kier alpha value is -0.320. The van der Waals surface area contributed by atoms with Crippen LogP contribution in [-0.4, -0.2) is 23.1 Å². The zero-order valence-corrected chi connectivity index (χ0v) is 19.0. The first-order chi connectivity index (χ1) is 12.1. The number of hydrogen-bond donors (Lipinski definition) is 1. The predicted octanol–water partition coefficient (Wildman–Crippen LogP) is 2.62. The maximum atomic E-state index is 11.9. The normalized spacial score (nSPS) is 21.8. The van der Waals surface area contributed by atoms with Crippen LogP contribution in [0, 0.1) is 11.8 Å². The monoisotopic (exact) mass is 376 g/mol. The molecule has 0 radical (unpaired) electrons. The molecule has 0 aliphatic heterocycles. The number of carboxylic acids is 1. The molecule has 1 N–H and O–H groups in total. The van der Waals surface area contributed by atoms with E-state index in [1.54, 1.807) is 0 Å². The summed E-state index contributed by atoms with van der Waals surface area (Å²) in [5.74, 6) is -1.34. The molecule has 1 rings (SSSR count). The molecule has 0 aromatic carbocycles. The van der Waals surface area contributed by atoms with Gasteiger partial charge in [-0.3, -0.25) is 9.59 Å². The minimum atomic E-state index is -0.773. The molecule has 0 saturated carbocycles. The minimum absolute atomic E-state index is 0. The summed E-state index contributed by atoms with van der Waals surface area (Å²) in [6.07, 6.45) is 15.3. The maximum absolute atomic E-state index is 11.9. The number of carbonyl (C=O) groups excluding carboxylic acids is 1. The molecule has 0 spiro atoms. The third-order valence-corrected chi connectivity index (χ3v) is 5.05. The van der Waals surface area contributed by atoms with Gasteiger partial charge < -0.3 is 11.3 Å². The molecule has 26 heavy (non-hydrogen) atoms. The molecule has 5 heteroatoms. The zero-order chi connectivity index (χ0) is 18.5. The number of allylic oxidation sites excluding steroid dienone is 1. The van der Waals surface area contributed by atoms with Crippen LogP contribution >= 0.6 is 0 Å². The second-order valence-corrected chi connectivity index (χ2v) is 7.27. The summed E-state index contributed by atoms with van der Waals surface area (Å²) in [7, 11) is 0. The minimum Gasteiger partial charge on any atom is -1.00 e. The smallest absolute Gasteiger partial charge is 1.00 e. The first kappa shape index (κ1) is 25.7. The van der Waals surface area contributed by atoms with Gasteiger partial charge in [-0.15, -0.1) is 0 Å². The summed E-state index contributed by atoms with van der Waals surface area (Å²) in [4.78, 5) is 23.5. The topological polar surface area (TPSA) is 63.6 Å². The van der Waals surface area contributed by atoms with Gasteiger partial charge in [0.2, 0.25) is 0 Å². The van der Waals surface area contributed by atoms with Gasteiger partial charge in [-0.05, 0) is 24.8 Å². The Labute approximate surface area is 182 Å². The zero-order valence-electron chi connectivity index (χ0n) is 18.0. The molecule has 0 saturated heterocycles. The molecule has 1 aliphatic carbocycles. The van der Waals surface area contributed by atoms with E-state index in [1.807, 2.05) is 12.2 Å². The molecule has 0 amide bonds. The number of aliphatic carboxylic acids is 1. The van der Waals surface area contributed by atoms with Crippen molar-refractivity contribution in [2.45, 2.75) is 97.0 Å². The Morgan fingerprint density at radius 2 is 1.62 bits per heavy atom. The number of rotatable bonds is 13. The molecular weight excluding hydrogens is 339 g/mol. The number of hydrogen-bond acceptors (Lipinski definition) is 3. The summed E-state index contributed by atoms with van der Waals surface area (Å²) < 4.78 is 5.48. The Bertz CT molecular complexity index is 428. The van der Waals surface area contributed by atoms with Crippen molar-refractivity contribution in [3.8, 4) is 0 Å². The van der Waals surface area contributed by atoms with Crippen molar-refractivity contribution >= 4 is 11.9 Å². The number of carboxylic acid groups (broad SMARTS) is 1. The van der Waals surface area contributed by atoms with Crippen molar-refractivity contribution in [1.82, 2.24) is 0 Å². The fourth-order valence-electron chi connectivity index (χ4n) is 3.48. The Balaban J connectivity index is 0. The van der Waals surface area contributed by atoms with Crippen LogP contribution in [0.2, 0.25) is 0 Å². The summed E-state index contributed by atoms with van der Waals surface area (Å²) >= 11 is 0. The number of esters is 1. The third-order valence-electron chi connectivity index (χ3n) is 5.05. The van der Waals surface area contributed by atoms with Crippen molar-refractivity contribution in [2.75, 3.05) is 0 Å². The second-order valence-electron chi connectivity index (χ2n) is 7.27. The van der Waals surface area contributed by atoms with Crippen LogP contribution in [0.15, 0.2) is 12.2 Å². The SMILES string of the molecule is CCCCCCCC(=O)OC1C=CC(CCCCCC)C(C(=O)O)C1.[H-].[Na+]. The van der Waals surface area contributed by atoms with Crippen molar-refractivity contribution in [3.05, 3.63) is 12.2 Å². The molecule has 3 atom stereocenters. The van der Waals surface area contributed by atoms with E-state index in [-0.39, 0.29) is 49.0 Å². The second kappa shape index (κ2) is 15.7. The molecule has 0 fully saturated rings. The first-order valence-electron chi connectivity index (χ1n) is 10.2. The summed E-state index contributed by atoms with van der Waals surface area (Å²) in [6.45, 7) is 4.34. The van der Waals surface area contributed by atoms with E-state index >= 15 is 0 Å². The number of carbonyl (C=O) groups is 2. The van der Waals surface area contributed by atoms with Crippen LogP contribution in [-0.2, 0) is 14.3 Å². The molecule has 0 bridgehead atoms. The van der Waals surface area contributed by atoms with Crippen LogP contribution < -0.4 is 29.6 Å². The number of ether oxygens (including phenoxy) is 1. The van der Waals surface area contributed by atoms with Gasteiger partial charge in [0.15, 0.2) is 0 Å². The van der Waals surface area contributed by atoms with Crippen LogP contribution in [0.1, 0.15) is 92.3 Å². The standard InChI is InChI=1S/C21H36O4.Na.H/c1-3-5-7-9-11-13-20(22)25-18-15-14-17(12-10-8-6-4-2)19(16-18)21(23)24;;/h14-15,17-19H,3-13,16H2,1-2H3,(H,23,24);;/q;+1;-1. The molecule has 0 aromatic rings. The van der Waals surface area contributed by atoms with Gasteiger partial charge in [-0.2, -0.15) is 0 Å². The molecule has 4 nitrogen and oxygen atoms in total. The van der Waals surface area contributed by atoms with Crippen LogP contribution in [0.25, 0.3) is 0 Å². The van der Waals surface area contributed by atoms with E-state index in [0.717, 1.165) is 38.5 Å². The van der Waals surface area contributed by atoms with E-state index in [1.165, 1.54) is 25.7 Å². The van der Waals surface area contributed by atoms with Gasteiger partial charge in [0.05, 0.1) is 5.92 Å². The Morgan fingerprint density at radius 1 is 1.00 bits per heavy atom. The average molecular weight is 377 g/mol. The summed E-state index contributed by atoms with van der Waals surface area (Å²) in [6, 6.07) is 0. The van der Waals surface area contributed by atoms with E-state index in [4.69, 9.17) is 4.74 Å².